The average Bonchev–Trinajstić information content (AvgIpc) is 2.28. The maximum atomic E-state index is 9.81. The lowest BCUT2D eigenvalue weighted by atomic mass is 10.2. The van der Waals surface area contributed by atoms with Gasteiger partial charge in [0.2, 0.25) is 0 Å². The molecule has 0 fully saturated rings. The molecular weight excluding hydrogens is 218 g/mol. The number of hydrogen-bond acceptors (Lipinski definition) is 4. The van der Waals surface area contributed by atoms with E-state index < -0.39 is 11.9 Å². The van der Waals surface area contributed by atoms with E-state index in [9.17, 15) is 9.59 Å². The number of benzene rings is 1. The van der Waals surface area contributed by atoms with Gasteiger partial charge in [0.1, 0.15) is 0 Å². The highest BCUT2D eigenvalue weighted by Gasteiger charge is 1.93. The van der Waals surface area contributed by atoms with Gasteiger partial charge in [-0.15, -0.1) is 0 Å². The lowest BCUT2D eigenvalue weighted by molar-refractivity contribution is -0.156. The fourth-order valence-corrected chi connectivity index (χ4v) is 1.23. The Balaban J connectivity index is 0.000000185. The van der Waals surface area contributed by atoms with Gasteiger partial charge in [-0.25, -0.2) is 0 Å². The van der Waals surface area contributed by atoms with Crippen LogP contribution >= 0.6 is 0 Å². The van der Waals surface area contributed by atoms with Gasteiger partial charge in [-0.3, -0.25) is 14.6 Å². The van der Waals surface area contributed by atoms with Crippen molar-refractivity contribution in [2.45, 2.75) is 13.8 Å². The quantitative estimate of drug-likeness (QED) is 0.515. The number of carbonyl (C=O) groups is 2. The molecule has 1 aromatic carbocycles. The largest absolute Gasteiger partial charge is 0.394 e. The summed E-state index contributed by atoms with van der Waals surface area (Å²) in [6, 6.07) is 10.2. The number of esters is 2. The molecule has 0 saturated carbocycles. The maximum Gasteiger partial charge on any atom is 0.310 e. The fourth-order valence-electron chi connectivity index (χ4n) is 1.23. The first kappa shape index (κ1) is 12.8. The van der Waals surface area contributed by atoms with Crippen LogP contribution in [0.2, 0.25) is 0 Å². The zero-order valence-corrected chi connectivity index (χ0v) is 9.71. The Morgan fingerprint density at radius 3 is 2.06 bits per heavy atom. The van der Waals surface area contributed by atoms with E-state index in [1.807, 2.05) is 30.6 Å². The van der Waals surface area contributed by atoms with Crippen molar-refractivity contribution in [2.24, 2.45) is 0 Å². The third kappa shape index (κ3) is 4.88. The Morgan fingerprint density at radius 1 is 1.00 bits per heavy atom. The number of pyridine rings is 1. The first-order chi connectivity index (χ1) is 8.09. The third-order valence-corrected chi connectivity index (χ3v) is 1.84. The van der Waals surface area contributed by atoms with Gasteiger partial charge in [-0.2, -0.15) is 0 Å². The van der Waals surface area contributed by atoms with Crippen LogP contribution in [0.25, 0.3) is 10.8 Å². The topological polar surface area (TPSA) is 56.3 Å². The van der Waals surface area contributed by atoms with Crippen LogP contribution in [0.1, 0.15) is 13.8 Å². The monoisotopic (exact) mass is 231 g/mol. The van der Waals surface area contributed by atoms with Gasteiger partial charge in [-0.05, 0) is 16.8 Å². The second kappa shape index (κ2) is 6.37. The predicted molar refractivity (Wildman–Crippen MR) is 64.2 cm³/mol. The molecule has 0 bridgehead atoms. The Hall–Kier alpha value is -2.23. The number of aromatic nitrogens is 1. The number of nitrogens with zero attached hydrogens (tertiary/aromatic N) is 1. The minimum absolute atomic E-state index is 0.562. The van der Waals surface area contributed by atoms with Crippen LogP contribution in [-0.2, 0) is 14.3 Å². The minimum atomic E-state index is -0.562. The third-order valence-electron chi connectivity index (χ3n) is 1.84. The van der Waals surface area contributed by atoms with Crippen LogP contribution in [0.4, 0.5) is 0 Å². The first-order valence-electron chi connectivity index (χ1n) is 5.07. The minimum Gasteiger partial charge on any atom is -0.394 e. The van der Waals surface area contributed by atoms with E-state index in [1.54, 1.807) is 0 Å². The second-order valence-corrected chi connectivity index (χ2v) is 3.31. The summed E-state index contributed by atoms with van der Waals surface area (Å²) in [6.45, 7) is 2.36. The Labute approximate surface area is 99.2 Å². The van der Waals surface area contributed by atoms with E-state index in [1.165, 1.54) is 24.6 Å². The van der Waals surface area contributed by atoms with Crippen molar-refractivity contribution in [3.63, 3.8) is 0 Å². The molecule has 0 aliphatic rings. The lowest BCUT2D eigenvalue weighted by Gasteiger charge is -1.91. The summed E-state index contributed by atoms with van der Waals surface area (Å²) in [7, 11) is 0. The van der Waals surface area contributed by atoms with E-state index in [-0.39, 0.29) is 0 Å². The average molecular weight is 231 g/mol. The Kier molecular flexibility index (Phi) is 4.81. The predicted octanol–water partition coefficient (Wildman–Crippen LogP) is 2.33. The van der Waals surface area contributed by atoms with Crippen LogP contribution < -0.4 is 0 Å². The molecule has 1 aromatic heterocycles. The van der Waals surface area contributed by atoms with E-state index >= 15 is 0 Å². The van der Waals surface area contributed by atoms with E-state index in [4.69, 9.17) is 0 Å². The standard InChI is InChI=1S/C9H7N.C4H6O3/c1-2-4-9-7-10-6-5-8(9)3-1;1-3(5)7-4(2)6/h1-7H;1-2H3. The molecule has 17 heavy (non-hydrogen) atoms. The molecule has 0 atom stereocenters. The molecule has 0 aliphatic heterocycles. The van der Waals surface area contributed by atoms with Crippen molar-refractivity contribution in [2.75, 3.05) is 0 Å². The highest BCUT2D eigenvalue weighted by Crippen LogP contribution is 2.09. The number of rotatable bonds is 0. The maximum absolute atomic E-state index is 9.81. The molecule has 0 radical (unpaired) electrons. The van der Waals surface area contributed by atoms with Crippen molar-refractivity contribution < 1.29 is 14.3 Å². The smallest absolute Gasteiger partial charge is 0.310 e. The number of fused-ring (bicyclic) bond motifs is 1. The normalized spacial score (nSPS) is 9.06. The van der Waals surface area contributed by atoms with Gasteiger partial charge in [0, 0.05) is 26.2 Å². The summed E-state index contributed by atoms with van der Waals surface area (Å²) in [5, 5.41) is 2.45. The summed E-state index contributed by atoms with van der Waals surface area (Å²) in [5.41, 5.74) is 0. The SMILES string of the molecule is CC(=O)OC(C)=O.c1ccc2cnccc2c1. The molecule has 4 nitrogen and oxygen atoms in total. The number of hydrogen-bond donors (Lipinski definition) is 0. The van der Waals surface area contributed by atoms with Gasteiger partial charge in [0.25, 0.3) is 0 Å². The van der Waals surface area contributed by atoms with E-state index in [0.29, 0.717) is 0 Å². The van der Waals surface area contributed by atoms with Crippen LogP contribution in [0.3, 0.4) is 0 Å². The Bertz CT molecular complexity index is 445. The molecule has 0 unspecified atom stereocenters. The molecule has 0 amide bonds. The molecule has 0 saturated heterocycles. The molecule has 4 heteroatoms. The van der Waals surface area contributed by atoms with Crippen LogP contribution in [0.5, 0.6) is 0 Å². The molecule has 0 aliphatic carbocycles. The molecule has 2 aromatic rings. The molecule has 0 spiro atoms. The molecule has 2 rings (SSSR count). The highest BCUT2D eigenvalue weighted by atomic mass is 16.6. The fraction of sp³-hybridized carbons (Fsp3) is 0.154. The first-order valence-corrected chi connectivity index (χ1v) is 5.07. The molecule has 0 N–H and O–H groups in total. The van der Waals surface area contributed by atoms with Gasteiger partial charge in [0.05, 0.1) is 0 Å². The van der Waals surface area contributed by atoms with Gasteiger partial charge in [-0.1, -0.05) is 24.3 Å². The summed E-state index contributed by atoms with van der Waals surface area (Å²) in [6.07, 6.45) is 3.68. The number of ether oxygens (including phenoxy) is 1. The second-order valence-electron chi connectivity index (χ2n) is 3.31. The van der Waals surface area contributed by atoms with E-state index in [2.05, 4.69) is 21.9 Å². The van der Waals surface area contributed by atoms with Crippen LogP contribution in [-0.4, -0.2) is 16.9 Å². The van der Waals surface area contributed by atoms with Gasteiger partial charge in [0.15, 0.2) is 0 Å². The zero-order chi connectivity index (χ0) is 12.7. The van der Waals surface area contributed by atoms with Crippen molar-refractivity contribution in [1.29, 1.82) is 0 Å². The van der Waals surface area contributed by atoms with E-state index in [0.717, 1.165) is 0 Å². The molecular formula is C13H13NO3. The van der Waals surface area contributed by atoms with Crippen LogP contribution in [0, 0.1) is 0 Å². The highest BCUT2D eigenvalue weighted by molar-refractivity contribution is 5.82. The van der Waals surface area contributed by atoms with Gasteiger partial charge >= 0.3 is 11.9 Å². The Morgan fingerprint density at radius 2 is 1.59 bits per heavy atom. The summed E-state index contributed by atoms with van der Waals surface area (Å²) in [4.78, 5) is 23.6. The van der Waals surface area contributed by atoms with Crippen molar-refractivity contribution in [1.82, 2.24) is 4.98 Å². The van der Waals surface area contributed by atoms with Crippen molar-refractivity contribution >= 4 is 22.7 Å². The summed E-state index contributed by atoms with van der Waals surface area (Å²) >= 11 is 0. The lowest BCUT2D eigenvalue weighted by Crippen LogP contribution is -2.03. The van der Waals surface area contributed by atoms with Gasteiger partial charge < -0.3 is 4.74 Å². The van der Waals surface area contributed by atoms with Crippen molar-refractivity contribution in [3.8, 4) is 0 Å². The van der Waals surface area contributed by atoms with Crippen LogP contribution in [0.15, 0.2) is 42.7 Å². The zero-order valence-electron chi connectivity index (χ0n) is 9.71. The van der Waals surface area contributed by atoms with Crippen molar-refractivity contribution in [3.05, 3.63) is 42.7 Å². The molecule has 88 valence electrons. The molecule has 1 heterocycles. The summed E-state index contributed by atoms with van der Waals surface area (Å²) in [5.74, 6) is -1.12. The summed E-state index contributed by atoms with van der Waals surface area (Å²) < 4.78 is 3.97. The number of carbonyl (C=O) groups excluding carboxylic acids is 2.